The third-order valence-electron chi connectivity index (χ3n) is 2.53. The maximum Gasteiger partial charge on any atom is 0.410 e. The Morgan fingerprint density at radius 3 is 1.94 bits per heavy atom. The number of nitrogens with zero attached hydrogens (tertiary/aromatic N) is 1. The molecule has 0 saturated carbocycles. The highest BCUT2D eigenvalue weighted by Crippen LogP contribution is 2.24. The molecule has 0 radical (unpaired) electrons. The van der Waals surface area contributed by atoms with Gasteiger partial charge in [-0.25, -0.2) is 9.59 Å². The quantitative estimate of drug-likeness (QED) is 0.712. The van der Waals surface area contributed by atoms with E-state index in [9.17, 15) is 9.59 Å². The van der Waals surface area contributed by atoms with Crippen molar-refractivity contribution in [2.75, 3.05) is 19.7 Å². The van der Waals surface area contributed by atoms with E-state index in [4.69, 9.17) is 9.47 Å². The van der Waals surface area contributed by atoms with Crippen molar-refractivity contribution in [2.45, 2.75) is 47.6 Å². The maximum absolute atomic E-state index is 11.9. The highest BCUT2D eigenvalue weighted by atomic mass is 16.6. The number of carbonyl (C=O) groups is 2. The Bertz CT molecular complexity index is 279. The molecule has 1 unspecified atom stereocenters. The fraction of sp³-hybridized carbons (Fsp3) is 0.846. The topological polar surface area (TPSA) is 55.8 Å². The number of hydrogen-bond acceptors (Lipinski definition) is 4. The lowest BCUT2D eigenvalue weighted by Crippen LogP contribution is -2.43. The van der Waals surface area contributed by atoms with Gasteiger partial charge in [0.2, 0.25) is 6.10 Å². The first-order valence-electron chi connectivity index (χ1n) is 6.40. The van der Waals surface area contributed by atoms with Crippen LogP contribution in [0.4, 0.5) is 4.79 Å². The minimum atomic E-state index is -0.884. The maximum atomic E-state index is 11.9. The van der Waals surface area contributed by atoms with Crippen LogP contribution in [0.3, 0.4) is 0 Å². The van der Waals surface area contributed by atoms with Gasteiger partial charge < -0.3 is 14.4 Å². The number of esters is 1. The Balaban J connectivity index is 4.80. The summed E-state index contributed by atoms with van der Waals surface area (Å²) in [5.41, 5.74) is -0.491. The minimum Gasteiger partial charge on any atom is -0.463 e. The van der Waals surface area contributed by atoms with Crippen LogP contribution < -0.4 is 0 Å². The molecule has 0 aliphatic rings. The second-order valence-electron chi connectivity index (χ2n) is 5.05. The van der Waals surface area contributed by atoms with Gasteiger partial charge >= 0.3 is 12.1 Å². The monoisotopic (exact) mass is 259 g/mol. The first-order valence-corrected chi connectivity index (χ1v) is 6.40. The molecule has 0 aromatic carbocycles. The fourth-order valence-electron chi connectivity index (χ4n) is 1.45. The van der Waals surface area contributed by atoms with E-state index < -0.39 is 23.6 Å². The molecule has 0 fully saturated rings. The molecule has 0 rings (SSSR count). The molecular formula is C13H25NO4. The molecule has 1 amide bonds. The van der Waals surface area contributed by atoms with Crippen molar-refractivity contribution in [1.82, 2.24) is 4.90 Å². The van der Waals surface area contributed by atoms with Crippen molar-refractivity contribution in [1.29, 1.82) is 0 Å². The van der Waals surface area contributed by atoms with Crippen molar-refractivity contribution in [3.05, 3.63) is 0 Å². The second-order valence-corrected chi connectivity index (χ2v) is 5.05. The summed E-state index contributed by atoms with van der Waals surface area (Å²) in [4.78, 5) is 25.2. The summed E-state index contributed by atoms with van der Waals surface area (Å²) < 4.78 is 10.2. The van der Waals surface area contributed by atoms with Gasteiger partial charge in [-0.2, -0.15) is 0 Å². The molecule has 106 valence electrons. The predicted molar refractivity (Wildman–Crippen MR) is 69.3 cm³/mol. The Morgan fingerprint density at radius 1 is 1.11 bits per heavy atom. The van der Waals surface area contributed by atoms with Crippen LogP contribution in [0.1, 0.15) is 41.5 Å². The zero-order valence-electron chi connectivity index (χ0n) is 12.3. The number of hydrogen-bond donors (Lipinski definition) is 0. The Labute approximate surface area is 109 Å². The molecule has 5 nitrogen and oxygen atoms in total. The summed E-state index contributed by atoms with van der Waals surface area (Å²) >= 11 is 0. The molecule has 0 N–H and O–H groups in total. The number of amides is 1. The van der Waals surface area contributed by atoms with Crippen LogP contribution in [-0.4, -0.2) is 42.8 Å². The lowest BCUT2D eigenvalue weighted by molar-refractivity contribution is -0.159. The molecule has 0 bridgehead atoms. The standard InChI is InChI=1S/C13H25NO4/c1-7-14(8-2)12(16)18-10(13(4,5)6)11(15)17-9-3/h10H,7-9H2,1-6H3. The largest absolute Gasteiger partial charge is 0.463 e. The van der Waals surface area contributed by atoms with E-state index in [1.54, 1.807) is 6.92 Å². The molecule has 0 aromatic rings. The molecule has 5 heteroatoms. The van der Waals surface area contributed by atoms with Crippen LogP contribution >= 0.6 is 0 Å². The van der Waals surface area contributed by atoms with Gasteiger partial charge in [0, 0.05) is 18.5 Å². The molecule has 0 spiro atoms. The number of carbonyl (C=O) groups excluding carboxylic acids is 2. The van der Waals surface area contributed by atoms with E-state index in [2.05, 4.69) is 0 Å². The van der Waals surface area contributed by atoms with Gasteiger partial charge in [-0.1, -0.05) is 20.8 Å². The summed E-state index contributed by atoms with van der Waals surface area (Å²) in [6.07, 6.45) is -1.36. The van der Waals surface area contributed by atoms with E-state index >= 15 is 0 Å². The highest BCUT2D eigenvalue weighted by molar-refractivity contribution is 5.79. The van der Waals surface area contributed by atoms with Crippen LogP contribution in [0.15, 0.2) is 0 Å². The average Bonchev–Trinajstić information content (AvgIpc) is 2.26. The van der Waals surface area contributed by atoms with E-state index in [1.807, 2.05) is 34.6 Å². The van der Waals surface area contributed by atoms with Gasteiger partial charge in [0.05, 0.1) is 6.61 Å². The number of ether oxygens (including phenoxy) is 2. The molecule has 0 aliphatic carbocycles. The molecule has 1 atom stereocenters. The zero-order chi connectivity index (χ0) is 14.3. The smallest absolute Gasteiger partial charge is 0.410 e. The van der Waals surface area contributed by atoms with E-state index in [-0.39, 0.29) is 6.61 Å². The van der Waals surface area contributed by atoms with Gasteiger partial charge in [-0.05, 0) is 20.8 Å². The lowest BCUT2D eigenvalue weighted by Gasteiger charge is -2.30. The zero-order valence-corrected chi connectivity index (χ0v) is 12.3. The van der Waals surface area contributed by atoms with Crippen molar-refractivity contribution in [3.63, 3.8) is 0 Å². The summed E-state index contributed by atoms with van der Waals surface area (Å²) in [6, 6.07) is 0. The third kappa shape index (κ3) is 4.94. The minimum absolute atomic E-state index is 0.272. The summed E-state index contributed by atoms with van der Waals surface area (Å²) in [6.45, 7) is 12.3. The summed E-state index contributed by atoms with van der Waals surface area (Å²) in [5, 5.41) is 0. The molecular weight excluding hydrogens is 234 g/mol. The van der Waals surface area contributed by atoms with Crippen molar-refractivity contribution in [3.8, 4) is 0 Å². The molecule has 18 heavy (non-hydrogen) atoms. The van der Waals surface area contributed by atoms with Crippen molar-refractivity contribution < 1.29 is 19.1 Å². The van der Waals surface area contributed by atoms with Crippen molar-refractivity contribution in [2.24, 2.45) is 5.41 Å². The van der Waals surface area contributed by atoms with Gasteiger partial charge in [0.25, 0.3) is 0 Å². The molecule has 0 aliphatic heterocycles. The van der Waals surface area contributed by atoms with Gasteiger partial charge in [-0.15, -0.1) is 0 Å². The van der Waals surface area contributed by atoms with Crippen LogP contribution in [0.2, 0.25) is 0 Å². The van der Waals surface area contributed by atoms with Crippen LogP contribution in [-0.2, 0) is 14.3 Å². The summed E-state index contributed by atoms with van der Waals surface area (Å²) in [5.74, 6) is -0.495. The average molecular weight is 259 g/mol. The fourth-order valence-corrected chi connectivity index (χ4v) is 1.45. The molecule has 0 saturated heterocycles. The Hall–Kier alpha value is -1.26. The lowest BCUT2D eigenvalue weighted by atomic mass is 9.89. The Kier molecular flexibility index (Phi) is 6.73. The third-order valence-corrected chi connectivity index (χ3v) is 2.53. The normalized spacial score (nSPS) is 12.8. The second kappa shape index (κ2) is 7.24. The predicted octanol–water partition coefficient (Wildman–Crippen LogP) is 2.44. The van der Waals surface area contributed by atoms with Crippen molar-refractivity contribution >= 4 is 12.1 Å². The SMILES string of the molecule is CCOC(=O)C(OC(=O)N(CC)CC)C(C)(C)C. The van der Waals surface area contributed by atoms with Crippen LogP contribution in [0.5, 0.6) is 0 Å². The van der Waals surface area contributed by atoms with E-state index in [0.29, 0.717) is 13.1 Å². The van der Waals surface area contributed by atoms with E-state index in [1.165, 1.54) is 4.90 Å². The first kappa shape index (κ1) is 16.7. The van der Waals surface area contributed by atoms with Gasteiger partial charge in [-0.3, -0.25) is 0 Å². The Morgan fingerprint density at radius 2 is 1.61 bits per heavy atom. The molecule has 0 aromatic heterocycles. The summed E-state index contributed by atoms with van der Waals surface area (Å²) in [7, 11) is 0. The number of rotatable bonds is 5. The first-order chi connectivity index (χ1) is 8.27. The van der Waals surface area contributed by atoms with Gasteiger partial charge in [0.15, 0.2) is 0 Å². The molecule has 0 heterocycles. The highest BCUT2D eigenvalue weighted by Gasteiger charge is 2.37. The van der Waals surface area contributed by atoms with Crippen LogP contribution in [0.25, 0.3) is 0 Å². The van der Waals surface area contributed by atoms with E-state index in [0.717, 1.165) is 0 Å². The van der Waals surface area contributed by atoms with Crippen LogP contribution in [0, 0.1) is 5.41 Å². The van der Waals surface area contributed by atoms with Gasteiger partial charge in [0.1, 0.15) is 0 Å².